The Labute approximate surface area is 370 Å². The number of hydrogen-bond acceptors (Lipinski definition) is 9. The molecule has 0 aliphatic heterocycles. The summed E-state index contributed by atoms with van der Waals surface area (Å²) in [4.78, 5) is 48.7. The molecule has 324 valence electrons. The van der Waals surface area contributed by atoms with Crippen molar-refractivity contribution < 1.29 is 42.9 Å². The number of carbonyl (C=O) groups excluding carboxylic acids is 4. The van der Waals surface area contributed by atoms with Crippen LogP contribution in [0, 0.1) is 5.92 Å². The van der Waals surface area contributed by atoms with Gasteiger partial charge in [-0.25, -0.2) is 19.2 Å². The van der Waals surface area contributed by atoms with Crippen LogP contribution in [0.15, 0.2) is 152 Å². The van der Waals surface area contributed by atoms with E-state index in [2.05, 4.69) is 57.0 Å². The van der Waals surface area contributed by atoms with Crippen LogP contribution in [0.4, 0.5) is 0 Å². The van der Waals surface area contributed by atoms with Crippen molar-refractivity contribution >= 4 is 30.0 Å². The standard InChI is InChI=1S/C54H54O9/c1-9-40-31-46(22-26-49(40)60-33-39(34-61-53(57)36(5)6)29-30-59-52(56)35(3)4)44-18-16-43(17-19-44)42-14-11-38(12-15-42)13-28-51(55)63-50-27-23-47(32-41(50)10-2)45-20-24-48(25-21-45)62-54(58)37(7)8/h11-28,31-32,39H,3,5,7,9-10,29-30,33-34H2,1-2,4,6,8H3/b28-13+. The summed E-state index contributed by atoms with van der Waals surface area (Å²) in [6.45, 7) is 20.2. The minimum absolute atomic E-state index is 0.103. The molecule has 0 amide bonds. The highest BCUT2D eigenvalue weighted by molar-refractivity contribution is 5.90. The first kappa shape index (κ1) is 46.8. The van der Waals surface area contributed by atoms with Crippen LogP contribution in [-0.4, -0.2) is 43.7 Å². The second kappa shape index (κ2) is 22.5. The second-order valence-electron chi connectivity index (χ2n) is 15.3. The minimum atomic E-state index is -0.480. The molecular weight excluding hydrogens is 793 g/mol. The van der Waals surface area contributed by atoms with Gasteiger partial charge in [-0.2, -0.15) is 0 Å². The molecule has 63 heavy (non-hydrogen) atoms. The summed E-state index contributed by atoms with van der Waals surface area (Å²) in [6.07, 6.45) is 5.01. The van der Waals surface area contributed by atoms with Gasteiger partial charge in [0.25, 0.3) is 0 Å². The Morgan fingerprint density at radius 2 is 1.00 bits per heavy atom. The maximum Gasteiger partial charge on any atom is 0.338 e. The molecule has 0 spiro atoms. The van der Waals surface area contributed by atoms with Gasteiger partial charge in [-0.1, -0.05) is 106 Å². The van der Waals surface area contributed by atoms with Crippen molar-refractivity contribution in [2.45, 2.75) is 53.9 Å². The highest BCUT2D eigenvalue weighted by Crippen LogP contribution is 2.31. The molecule has 5 aromatic carbocycles. The van der Waals surface area contributed by atoms with Crippen LogP contribution in [0.3, 0.4) is 0 Å². The van der Waals surface area contributed by atoms with Crippen LogP contribution in [0.1, 0.15) is 57.7 Å². The Morgan fingerprint density at radius 3 is 1.54 bits per heavy atom. The van der Waals surface area contributed by atoms with Gasteiger partial charge < -0.3 is 23.7 Å². The van der Waals surface area contributed by atoms with Gasteiger partial charge >= 0.3 is 23.9 Å². The lowest BCUT2D eigenvalue weighted by Crippen LogP contribution is -2.23. The van der Waals surface area contributed by atoms with Crippen molar-refractivity contribution in [3.05, 3.63) is 168 Å². The van der Waals surface area contributed by atoms with E-state index < -0.39 is 23.9 Å². The zero-order chi connectivity index (χ0) is 45.5. The van der Waals surface area contributed by atoms with E-state index in [9.17, 15) is 19.2 Å². The van der Waals surface area contributed by atoms with Gasteiger partial charge in [-0.3, -0.25) is 0 Å². The number of ether oxygens (including phenoxy) is 5. The minimum Gasteiger partial charge on any atom is -0.493 e. The van der Waals surface area contributed by atoms with Gasteiger partial charge in [-0.15, -0.1) is 0 Å². The summed E-state index contributed by atoms with van der Waals surface area (Å²) in [5.41, 5.74) is 9.80. The zero-order valence-corrected chi connectivity index (χ0v) is 36.7. The third-order valence-electron chi connectivity index (χ3n) is 10.1. The van der Waals surface area contributed by atoms with Crippen LogP contribution in [-0.2, 0) is 41.5 Å². The van der Waals surface area contributed by atoms with Gasteiger partial charge in [0.05, 0.1) is 19.8 Å². The fourth-order valence-corrected chi connectivity index (χ4v) is 6.35. The lowest BCUT2D eigenvalue weighted by Gasteiger charge is -2.19. The fraction of sp³-hybridized carbons (Fsp3) is 0.222. The highest BCUT2D eigenvalue weighted by atomic mass is 16.5. The monoisotopic (exact) mass is 846 g/mol. The number of hydrogen-bond donors (Lipinski definition) is 0. The molecule has 0 saturated heterocycles. The molecule has 9 heteroatoms. The fourth-order valence-electron chi connectivity index (χ4n) is 6.35. The van der Waals surface area contributed by atoms with Gasteiger partial charge in [0, 0.05) is 28.7 Å². The summed E-state index contributed by atoms with van der Waals surface area (Å²) in [5, 5.41) is 0. The van der Waals surface area contributed by atoms with Crippen LogP contribution in [0.2, 0.25) is 0 Å². The third-order valence-corrected chi connectivity index (χ3v) is 10.1. The molecule has 1 atom stereocenters. The summed E-state index contributed by atoms with van der Waals surface area (Å²) in [7, 11) is 0. The van der Waals surface area contributed by atoms with E-state index in [1.165, 1.54) is 6.08 Å². The van der Waals surface area contributed by atoms with E-state index in [1.807, 2.05) is 67.6 Å². The average molecular weight is 847 g/mol. The van der Waals surface area contributed by atoms with E-state index in [1.54, 1.807) is 45.0 Å². The molecule has 1 unspecified atom stereocenters. The van der Waals surface area contributed by atoms with Crippen LogP contribution >= 0.6 is 0 Å². The highest BCUT2D eigenvalue weighted by Gasteiger charge is 2.17. The molecule has 0 aliphatic carbocycles. The topological polar surface area (TPSA) is 114 Å². The van der Waals surface area contributed by atoms with E-state index in [0.29, 0.717) is 41.1 Å². The predicted molar refractivity (Wildman–Crippen MR) is 248 cm³/mol. The van der Waals surface area contributed by atoms with Crippen molar-refractivity contribution in [3.63, 3.8) is 0 Å². The Hall–Kier alpha value is -7.26. The predicted octanol–water partition coefficient (Wildman–Crippen LogP) is 11.5. The quantitative estimate of drug-likeness (QED) is 0.0429. The first-order chi connectivity index (χ1) is 30.2. The summed E-state index contributed by atoms with van der Waals surface area (Å²) < 4.78 is 28.0. The molecule has 5 aromatic rings. The number of rotatable bonds is 20. The van der Waals surface area contributed by atoms with Crippen LogP contribution in [0.25, 0.3) is 39.5 Å². The lowest BCUT2D eigenvalue weighted by molar-refractivity contribution is -0.143. The molecule has 5 rings (SSSR count). The normalized spacial score (nSPS) is 11.3. The summed E-state index contributed by atoms with van der Waals surface area (Å²) in [6, 6.07) is 35.3. The van der Waals surface area contributed by atoms with Gasteiger partial charge in [0.1, 0.15) is 17.2 Å². The number of aryl methyl sites for hydroxylation is 2. The van der Waals surface area contributed by atoms with E-state index in [-0.39, 0.29) is 25.7 Å². The lowest BCUT2D eigenvalue weighted by atomic mass is 9.98. The smallest absolute Gasteiger partial charge is 0.338 e. The SMILES string of the molecule is C=C(C)C(=O)OCCC(COC(=O)C(=C)C)COc1ccc(-c2ccc(-c3ccc(/C=C/C(=O)Oc4ccc(-c5ccc(OC(=O)C(=C)C)cc5)cc4CC)cc3)cc2)cc1CC. The van der Waals surface area contributed by atoms with Crippen molar-refractivity contribution in [1.82, 2.24) is 0 Å². The molecule has 9 nitrogen and oxygen atoms in total. The molecule has 0 radical (unpaired) electrons. The molecule has 0 bridgehead atoms. The van der Waals surface area contributed by atoms with Crippen molar-refractivity contribution in [2.24, 2.45) is 5.92 Å². The van der Waals surface area contributed by atoms with E-state index in [4.69, 9.17) is 23.7 Å². The van der Waals surface area contributed by atoms with Crippen molar-refractivity contribution in [2.75, 3.05) is 19.8 Å². The molecular formula is C54H54O9. The molecule has 0 saturated carbocycles. The largest absolute Gasteiger partial charge is 0.493 e. The first-order valence-corrected chi connectivity index (χ1v) is 20.9. The number of benzene rings is 5. The van der Waals surface area contributed by atoms with E-state index >= 15 is 0 Å². The summed E-state index contributed by atoms with van der Waals surface area (Å²) in [5.74, 6) is -0.434. The third kappa shape index (κ3) is 13.6. The maximum atomic E-state index is 12.9. The van der Waals surface area contributed by atoms with Gasteiger partial charge in [0.2, 0.25) is 0 Å². The Morgan fingerprint density at radius 1 is 0.540 bits per heavy atom. The Bertz CT molecular complexity index is 2490. The Kier molecular flexibility index (Phi) is 16.7. The van der Waals surface area contributed by atoms with Gasteiger partial charge in [0.15, 0.2) is 0 Å². The van der Waals surface area contributed by atoms with E-state index in [0.717, 1.165) is 62.2 Å². The average Bonchev–Trinajstić information content (AvgIpc) is 3.29. The first-order valence-electron chi connectivity index (χ1n) is 20.9. The molecule has 0 heterocycles. The van der Waals surface area contributed by atoms with Gasteiger partial charge in [-0.05, 0) is 133 Å². The Balaban J connectivity index is 1.17. The molecule has 0 N–H and O–H groups in total. The van der Waals surface area contributed by atoms with Crippen LogP contribution < -0.4 is 14.2 Å². The van der Waals surface area contributed by atoms with Crippen LogP contribution in [0.5, 0.6) is 17.2 Å². The molecule has 0 aromatic heterocycles. The molecule has 0 fully saturated rings. The number of carbonyl (C=O) groups is 4. The molecule has 0 aliphatic rings. The number of esters is 4. The van der Waals surface area contributed by atoms with Crippen molar-refractivity contribution in [3.8, 4) is 50.6 Å². The second-order valence-corrected chi connectivity index (χ2v) is 15.3. The zero-order valence-electron chi connectivity index (χ0n) is 36.7. The summed E-state index contributed by atoms with van der Waals surface area (Å²) >= 11 is 0. The maximum absolute atomic E-state index is 12.9. The van der Waals surface area contributed by atoms with Crippen molar-refractivity contribution in [1.29, 1.82) is 0 Å².